The number of hydrogen-bond acceptors (Lipinski definition) is 6. The van der Waals surface area contributed by atoms with Crippen LogP contribution in [0.25, 0.3) is 16.5 Å². The van der Waals surface area contributed by atoms with Crippen molar-refractivity contribution in [3.8, 4) is 5.75 Å². The van der Waals surface area contributed by atoms with Gasteiger partial charge in [-0.15, -0.1) is 0 Å². The predicted octanol–water partition coefficient (Wildman–Crippen LogP) is 4.51. The number of sulfonamides is 1. The quantitative estimate of drug-likeness (QED) is 0.306. The molecule has 4 rings (SSSR count). The lowest BCUT2D eigenvalue weighted by Gasteiger charge is -2.34. The predicted molar refractivity (Wildman–Crippen MR) is 149 cm³/mol. The van der Waals surface area contributed by atoms with Gasteiger partial charge in [-0.3, -0.25) is 9.59 Å². The van der Waals surface area contributed by atoms with Crippen molar-refractivity contribution in [2.45, 2.75) is 51.4 Å². The van der Waals surface area contributed by atoms with Crippen LogP contribution >= 0.6 is 0 Å². The standard InChI is InChI=1S/C29H32N2O7S/c1-5-19-11-12-22-23(25(19)32)18(4)26(38-22)27(33)30-29(39(36,37)31-24(17(2)3)28(34)35)15-13-21(14-16-29)20-9-7-6-8-10-20/h6-15,17,24,31-32H,5,16H2,1-4H3,(H,30,33)(H,34,35)/t24-,29?/m0/s1. The van der Waals surface area contributed by atoms with Crippen LogP contribution in [0.2, 0.25) is 0 Å². The van der Waals surface area contributed by atoms with E-state index in [-0.39, 0.29) is 17.9 Å². The van der Waals surface area contributed by atoms with Crippen LogP contribution in [-0.2, 0) is 21.2 Å². The molecule has 2 atom stereocenters. The SMILES string of the molecule is CCc1ccc2oc(C(=O)NC3(S(=O)(=O)N[C@H](C(=O)O)C(C)C)C=CC(c4ccccc4)=CC3)c(C)c2c1O. The van der Waals surface area contributed by atoms with E-state index in [9.17, 15) is 28.2 Å². The lowest BCUT2D eigenvalue weighted by atomic mass is 9.96. The Morgan fingerprint density at radius 2 is 1.82 bits per heavy atom. The topological polar surface area (TPSA) is 146 Å². The molecule has 3 aromatic rings. The first kappa shape index (κ1) is 28.1. The van der Waals surface area contributed by atoms with E-state index in [1.807, 2.05) is 37.3 Å². The first-order valence-electron chi connectivity index (χ1n) is 12.7. The summed E-state index contributed by atoms with van der Waals surface area (Å²) in [7, 11) is -4.49. The molecule has 0 saturated carbocycles. The molecule has 0 bridgehead atoms. The van der Waals surface area contributed by atoms with Gasteiger partial charge < -0.3 is 19.9 Å². The molecule has 0 aliphatic heterocycles. The van der Waals surface area contributed by atoms with Crippen LogP contribution in [-0.4, -0.2) is 41.4 Å². The molecule has 1 unspecified atom stereocenters. The minimum absolute atomic E-state index is 0.00790. The average Bonchev–Trinajstić information content (AvgIpc) is 3.25. The van der Waals surface area contributed by atoms with Gasteiger partial charge in [0.2, 0.25) is 10.0 Å². The molecule has 10 heteroatoms. The van der Waals surface area contributed by atoms with Crippen LogP contribution in [0, 0.1) is 12.8 Å². The highest BCUT2D eigenvalue weighted by molar-refractivity contribution is 7.91. The van der Waals surface area contributed by atoms with Crippen molar-refractivity contribution < 1.29 is 32.6 Å². The maximum Gasteiger partial charge on any atom is 0.321 e. The second-order valence-electron chi connectivity index (χ2n) is 9.94. The minimum Gasteiger partial charge on any atom is -0.507 e. The van der Waals surface area contributed by atoms with Crippen LogP contribution in [0.1, 0.15) is 54.4 Å². The third-order valence-electron chi connectivity index (χ3n) is 7.02. The lowest BCUT2D eigenvalue weighted by Crippen LogP contribution is -2.60. The molecule has 39 heavy (non-hydrogen) atoms. The maximum absolute atomic E-state index is 13.8. The van der Waals surface area contributed by atoms with E-state index in [1.54, 1.807) is 45.1 Å². The van der Waals surface area contributed by atoms with Gasteiger partial charge in [-0.1, -0.05) is 69.3 Å². The monoisotopic (exact) mass is 552 g/mol. The molecule has 0 spiro atoms. The number of fused-ring (bicyclic) bond motifs is 1. The fourth-order valence-corrected chi connectivity index (χ4v) is 6.38. The van der Waals surface area contributed by atoms with Crippen molar-refractivity contribution in [1.29, 1.82) is 0 Å². The number of phenols is 1. The number of carboxylic acids is 1. The van der Waals surface area contributed by atoms with Crippen LogP contribution in [0.4, 0.5) is 0 Å². The van der Waals surface area contributed by atoms with Gasteiger partial charge in [-0.05, 0) is 48.1 Å². The summed E-state index contributed by atoms with van der Waals surface area (Å²) >= 11 is 0. The van der Waals surface area contributed by atoms with E-state index in [1.165, 1.54) is 6.08 Å². The molecule has 1 aliphatic rings. The summed E-state index contributed by atoms with van der Waals surface area (Å²) in [6.07, 6.45) is 5.05. The summed E-state index contributed by atoms with van der Waals surface area (Å²) in [6.45, 7) is 6.68. The number of carboxylic acid groups (broad SMARTS) is 1. The molecule has 0 radical (unpaired) electrons. The molecule has 0 saturated heterocycles. The molecule has 0 fully saturated rings. The fourth-order valence-electron chi connectivity index (χ4n) is 4.68. The van der Waals surface area contributed by atoms with E-state index < -0.39 is 38.7 Å². The largest absolute Gasteiger partial charge is 0.507 e. The Bertz CT molecular complexity index is 1590. The van der Waals surface area contributed by atoms with E-state index in [0.29, 0.717) is 28.5 Å². The van der Waals surface area contributed by atoms with Crippen molar-refractivity contribution in [1.82, 2.24) is 10.0 Å². The van der Waals surface area contributed by atoms with E-state index >= 15 is 0 Å². The van der Waals surface area contributed by atoms with Crippen molar-refractivity contribution in [3.05, 3.63) is 83.1 Å². The summed E-state index contributed by atoms with van der Waals surface area (Å²) in [4.78, 5) is 23.4. The number of aromatic hydroxyl groups is 1. The fraction of sp³-hybridized carbons (Fsp3) is 0.310. The van der Waals surface area contributed by atoms with Crippen molar-refractivity contribution in [3.63, 3.8) is 0 Å². The van der Waals surface area contributed by atoms with Crippen LogP contribution in [0.3, 0.4) is 0 Å². The van der Waals surface area contributed by atoms with Crippen molar-refractivity contribution in [2.24, 2.45) is 5.92 Å². The van der Waals surface area contributed by atoms with Crippen molar-refractivity contribution >= 4 is 38.4 Å². The molecule has 1 aromatic heterocycles. The number of carbonyl (C=O) groups is 2. The van der Waals surface area contributed by atoms with Gasteiger partial charge in [0.25, 0.3) is 5.91 Å². The van der Waals surface area contributed by atoms with E-state index in [2.05, 4.69) is 10.0 Å². The van der Waals surface area contributed by atoms with Gasteiger partial charge in [-0.2, -0.15) is 4.72 Å². The Labute approximate surface area is 227 Å². The third-order valence-corrected chi connectivity index (χ3v) is 8.95. The van der Waals surface area contributed by atoms with Crippen molar-refractivity contribution in [2.75, 3.05) is 0 Å². The van der Waals surface area contributed by atoms with Crippen LogP contribution in [0.5, 0.6) is 5.75 Å². The highest BCUT2D eigenvalue weighted by atomic mass is 32.2. The van der Waals surface area contributed by atoms with Gasteiger partial charge >= 0.3 is 5.97 Å². The number of carbonyl (C=O) groups excluding carboxylic acids is 1. The number of hydrogen-bond donors (Lipinski definition) is 4. The van der Waals surface area contributed by atoms with E-state index in [4.69, 9.17) is 4.42 Å². The number of benzene rings is 2. The number of rotatable bonds is 9. The Morgan fingerprint density at radius 3 is 2.38 bits per heavy atom. The van der Waals surface area contributed by atoms with Gasteiger partial charge in [0.15, 0.2) is 10.6 Å². The summed E-state index contributed by atoms with van der Waals surface area (Å²) in [6, 6.07) is 11.3. The smallest absolute Gasteiger partial charge is 0.321 e. The molecule has 1 heterocycles. The first-order valence-corrected chi connectivity index (χ1v) is 14.1. The number of amides is 1. The molecule has 4 N–H and O–H groups in total. The lowest BCUT2D eigenvalue weighted by molar-refractivity contribution is -0.140. The van der Waals surface area contributed by atoms with Gasteiger partial charge in [0.1, 0.15) is 17.4 Å². The Kier molecular flexibility index (Phi) is 7.72. The second-order valence-corrected chi connectivity index (χ2v) is 11.9. The normalized spacial score (nSPS) is 18.2. The zero-order valence-electron chi connectivity index (χ0n) is 22.2. The maximum atomic E-state index is 13.8. The molecule has 1 aliphatic carbocycles. The van der Waals surface area contributed by atoms with Gasteiger partial charge in [0.05, 0.1) is 5.39 Å². The highest BCUT2D eigenvalue weighted by Gasteiger charge is 2.46. The number of allylic oxidation sites excluding steroid dienone is 2. The zero-order chi connectivity index (χ0) is 28.5. The van der Waals surface area contributed by atoms with E-state index in [0.717, 1.165) is 11.1 Å². The Hall–Kier alpha value is -3.89. The average molecular weight is 553 g/mol. The molecule has 1 amide bonds. The minimum atomic E-state index is -4.49. The summed E-state index contributed by atoms with van der Waals surface area (Å²) in [5.41, 5.74) is 2.95. The number of furan rings is 1. The molecule has 2 aromatic carbocycles. The summed E-state index contributed by atoms with van der Waals surface area (Å²) in [5.74, 6) is -2.84. The molecule has 9 nitrogen and oxygen atoms in total. The molecular formula is C29H32N2O7S. The van der Waals surface area contributed by atoms with Gasteiger partial charge in [0, 0.05) is 12.0 Å². The number of phenolic OH excluding ortho intramolecular Hbond substituents is 1. The number of aliphatic carboxylic acids is 1. The van der Waals surface area contributed by atoms with Crippen LogP contribution < -0.4 is 10.0 Å². The second kappa shape index (κ2) is 10.7. The zero-order valence-corrected chi connectivity index (χ0v) is 23.0. The number of nitrogens with one attached hydrogen (secondary N) is 2. The Balaban J connectivity index is 1.76. The Morgan fingerprint density at radius 1 is 1.13 bits per heavy atom. The molecular weight excluding hydrogens is 520 g/mol. The first-order chi connectivity index (χ1) is 18.4. The van der Waals surface area contributed by atoms with Crippen LogP contribution in [0.15, 0.2) is 65.1 Å². The summed E-state index contributed by atoms with van der Waals surface area (Å²) in [5, 5.41) is 23.3. The third kappa shape index (κ3) is 5.22. The summed E-state index contributed by atoms with van der Waals surface area (Å²) < 4.78 is 35.6. The molecule has 206 valence electrons. The van der Waals surface area contributed by atoms with Gasteiger partial charge in [-0.25, -0.2) is 8.42 Å². The highest BCUT2D eigenvalue weighted by Crippen LogP contribution is 2.37. The number of aryl methyl sites for hydroxylation is 2.